The zero-order valence-corrected chi connectivity index (χ0v) is 13.0. The maximum atomic E-state index is 11.7. The molecule has 0 amide bonds. The second kappa shape index (κ2) is 9.33. The van der Waals surface area contributed by atoms with Gasteiger partial charge in [-0.25, -0.2) is 0 Å². The summed E-state index contributed by atoms with van der Waals surface area (Å²) in [6.07, 6.45) is 1.15. The molecule has 1 atom stereocenters. The molecule has 0 aromatic heterocycles. The van der Waals surface area contributed by atoms with Gasteiger partial charge in [-0.3, -0.25) is 14.4 Å². The first-order valence-corrected chi connectivity index (χ1v) is 7.03. The number of unbranched alkanes of at least 4 members (excludes halogenated alkanes) is 2. The molecule has 7 heteroatoms. The quantitative estimate of drug-likeness (QED) is 0.337. The van der Waals surface area contributed by atoms with E-state index >= 15 is 0 Å². The summed E-state index contributed by atoms with van der Waals surface area (Å²) in [6.45, 7) is 0.428. The van der Waals surface area contributed by atoms with E-state index in [0.29, 0.717) is 30.3 Å². The van der Waals surface area contributed by atoms with Gasteiger partial charge >= 0.3 is 17.9 Å². The molecule has 0 fully saturated rings. The maximum Gasteiger partial charge on any atom is 0.307 e. The molecular formula is C14H26NO6+. The number of carboxylic acids is 2. The highest BCUT2D eigenvalue weighted by molar-refractivity contribution is 5.71. The van der Waals surface area contributed by atoms with E-state index in [0.717, 1.165) is 0 Å². The summed E-state index contributed by atoms with van der Waals surface area (Å²) >= 11 is 0. The number of hydrogen-bond acceptors (Lipinski definition) is 4. The third-order valence-corrected chi connectivity index (χ3v) is 2.72. The fraction of sp³-hybridized carbons (Fsp3) is 0.786. The van der Waals surface area contributed by atoms with Gasteiger partial charge in [0.1, 0.15) is 6.54 Å². The summed E-state index contributed by atoms with van der Waals surface area (Å²) in [5.41, 5.74) is 0. The predicted molar refractivity (Wildman–Crippen MR) is 75.8 cm³/mol. The topological polar surface area (TPSA) is 101 Å². The molecule has 1 unspecified atom stereocenters. The predicted octanol–water partition coefficient (Wildman–Crippen LogP) is 1.11. The highest BCUT2D eigenvalue weighted by Crippen LogP contribution is 2.09. The van der Waals surface area contributed by atoms with Crippen molar-refractivity contribution in [1.29, 1.82) is 0 Å². The van der Waals surface area contributed by atoms with Crippen molar-refractivity contribution in [2.75, 3.05) is 27.7 Å². The highest BCUT2D eigenvalue weighted by atomic mass is 16.5. The van der Waals surface area contributed by atoms with Crippen molar-refractivity contribution in [3.8, 4) is 0 Å². The number of aliphatic carboxylic acids is 2. The lowest BCUT2D eigenvalue weighted by Crippen LogP contribution is -2.43. The normalized spacial score (nSPS) is 12.7. The third kappa shape index (κ3) is 13.1. The molecule has 0 saturated carbocycles. The number of nitrogens with zero attached hydrogens (tertiary/aromatic N) is 1. The monoisotopic (exact) mass is 304 g/mol. The van der Waals surface area contributed by atoms with Crippen LogP contribution in [0.2, 0.25) is 0 Å². The van der Waals surface area contributed by atoms with E-state index in [1.807, 2.05) is 21.1 Å². The van der Waals surface area contributed by atoms with Crippen molar-refractivity contribution in [2.24, 2.45) is 0 Å². The standard InChI is InChI=1S/C14H25NO6/c1-15(2,3)10-11(9-13(18)19)21-14(20)8-6-4-5-7-12(16)17/h11H,4-10H2,1-3H3,(H-,16,17,18,19)/p+1. The van der Waals surface area contributed by atoms with E-state index in [2.05, 4.69) is 0 Å². The Morgan fingerprint density at radius 2 is 1.52 bits per heavy atom. The smallest absolute Gasteiger partial charge is 0.307 e. The minimum atomic E-state index is -0.997. The summed E-state index contributed by atoms with van der Waals surface area (Å²) in [4.78, 5) is 32.8. The van der Waals surface area contributed by atoms with Crippen molar-refractivity contribution >= 4 is 17.9 Å². The summed E-state index contributed by atoms with van der Waals surface area (Å²) in [5.74, 6) is -2.27. The number of esters is 1. The highest BCUT2D eigenvalue weighted by Gasteiger charge is 2.24. The van der Waals surface area contributed by atoms with E-state index in [-0.39, 0.29) is 19.3 Å². The van der Waals surface area contributed by atoms with Crippen LogP contribution in [0, 0.1) is 0 Å². The fourth-order valence-electron chi connectivity index (χ4n) is 1.92. The number of carboxylic acid groups (broad SMARTS) is 2. The van der Waals surface area contributed by atoms with Gasteiger partial charge in [-0.1, -0.05) is 6.42 Å². The minimum Gasteiger partial charge on any atom is -0.481 e. The van der Waals surface area contributed by atoms with Crippen LogP contribution in [0.5, 0.6) is 0 Å². The lowest BCUT2D eigenvalue weighted by molar-refractivity contribution is -0.873. The van der Waals surface area contributed by atoms with Crippen LogP contribution in [0.1, 0.15) is 38.5 Å². The van der Waals surface area contributed by atoms with Crippen molar-refractivity contribution < 1.29 is 33.8 Å². The summed E-state index contributed by atoms with van der Waals surface area (Å²) < 4.78 is 5.72. The van der Waals surface area contributed by atoms with Gasteiger partial charge in [-0.05, 0) is 12.8 Å². The first-order chi connectivity index (χ1) is 9.60. The molecule has 0 aromatic carbocycles. The second-order valence-electron chi connectivity index (χ2n) is 6.14. The maximum absolute atomic E-state index is 11.7. The Labute approximate surface area is 125 Å². The molecule has 0 bridgehead atoms. The number of carbonyl (C=O) groups excluding carboxylic acids is 1. The largest absolute Gasteiger partial charge is 0.481 e. The Morgan fingerprint density at radius 1 is 0.952 bits per heavy atom. The molecule has 0 aromatic rings. The Morgan fingerprint density at radius 3 is 2.00 bits per heavy atom. The fourth-order valence-corrected chi connectivity index (χ4v) is 1.92. The molecule has 0 aliphatic rings. The molecule has 0 spiro atoms. The molecule has 122 valence electrons. The Balaban J connectivity index is 4.09. The zero-order valence-electron chi connectivity index (χ0n) is 13.0. The number of hydrogen-bond donors (Lipinski definition) is 2. The van der Waals surface area contributed by atoms with Gasteiger partial charge in [0.05, 0.1) is 27.6 Å². The molecule has 0 aliphatic carbocycles. The molecule has 0 rings (SSSR count). The molecule has 7 nitrogen and oxygen atoms in total. The Kier molecular flexibility index (Phi) is 8.61. The molecule has 2 N–H and O–H groups in total. The van der Waals surface area contributed by atoms with Crippen LogP contribution in [-0.2, 0) is 19.1 Å². The van der Waals surface area contributed by atoms with Crippen molar-refractivity contribution in [3.05, 3.63) is 0 Å². The molecule has 0 aliphatic heterocycles. The van der Waals surface area contributed by atoms with Crippen LogP contribution < -0.4 is 0 Å². The summed E-state index contributed by atoms with van der Waals surface area (Å²) in [7, 11) is 5.69. The zero-order chi connectivity index (χ0) is 16.5. The summed E-state index contributed by atoms with van der Waals surface area (Å²) in [6, 6.07) is 0. The number of ether oxygens (including phenoxy) is 1. The van der Waals surface area contributed by atoms with E-state index in [9.17, 15) is 14.4 Å². The minimum absolute atomic E-state index is 0.0954. The summed E-state index contributed by atoms with van der Waals surface area (Å²) in [5, 5.41) is 17.3. The lowest BCUT2D eigenvalue weighted by Gasteiger charge is -2.28. The molecule has 0 radical (unpaired) electrons. The van der Waals surface area contributed by atoms with Crippen molar-refractivity contribution in [1.82, 2.24) is 0 Å². The average Bonchev–Trinajstić information content (AvgIpc) is 2.24. The molecular weight excluding hydrogens is 278 g/mol. The molecule has 0 heterocycles. The van der Waals surface area contributed by atoms with Crippen LogP contribution in [0.4, 0.5) is 0 Å². The van der Waals surface area contributed by atoms with Gasteiger partial charge in [0.2, 0.25) is 0 Å². The number of carbonyl (C=O) groups is 3. The van der Waals surface area contributed by atoms with Crippen LogP contribution in [-0.4, -0.2) is 66.4 Å². The van der Waals surface area contributed by atoms with Gasteiger partial charge in [0.25, 0.3) is 0 Å². The van der Waals surface area contributed by atoms with Gasteiger partial charge in [-0.2, -0.15) is 0 Å². The van der Waals surface area contributed by atoms with E-state index in [1.165, 1.54) is 0 Å². The Hall–Kier alpha value is -1.63. The Bertz CT molecular complexity index is 361. The first-order valence-electron chi connectivity index (χ1n) is 7.03. The van der Waals surface area contributed by atoms with Gasteiger partial charge in [0.15, 0.2) is 6.10 Å². The van der Waals surface area contributed by atoms with Gasteiger partial charge < -0.3 is 19.4 Å². The lowest BCUT2D eigenvalue weighted by atomic mass is 10.1. The van der Waals surface area contributed by atoms with Crippen molar-refractivity contribution in [3.63, 3.8) is 0 Å². The van der Waals surface area contributed by atoms with E-state index in [1.54, 1.807) is 0 Å². The third-order valence-electron chi connectivity index (χ3n) is 2.72. The van der Waals surface area contributed by atoms with Gasteiger partial charge in [0, 0.05) is 12.8 Å². The van der Waals surface area contributed by atoms with Crippen molar-refractivity contribution in [2.45, 2.75) is 44.6 Å². The van der Waals surface area contributed by atoms with Crippen LogP contribution in [0.3, 0.4) is 0 Å². The first kappa shape index (κ1) is 19.4. The molecule has 21 heavy (non-hydrogen) atoms. The van der Waals surface area contributed by atoms with Crippen LogP contribution in [0.25, 0.3) is 0 Å². The number of rotatable bonds is 11. The van der Waals surface area contributed by atoms with E-state index in [4.69, 9.17) is 14.9 Å². The second-order valence-corrected chi connectivity index (χ2v) is 6.14. The van der Waals surface area contributed by atoms with Gasteiger partial charge in [-0.15, -0.1) is 0 Å². The van der Waals surface area contributed by atoms with Crippen LogP contribution in [0.15, 0.2) is 0 Å². The number of quaternary nitrogens is 1. The molecule has 0 saturated heterocycles. The number of likely N-dealkylation sites (N-methyl/N-ethyl adjacent to an activating group) is 1. The average molecular weight is 304 g/mol. The SMILES string of the molecule is C[N+](C)(C)CC(CC(=O)O)OC(=O)CCCCCC(=O)O. The van der Waals surface area contributed by atoms with E-state index < -0.39 is 24.0 Å². The van der Waals surface area contributed by atoms with Crippen LogP contribution >= 0.6 is 0 Å².